The zero-order chi connectivity index (χ0) is 14.8. The highest BCUT2D eigenvalue weighted by atomic mass is 79.9. The molecular formula is C18H18BrNS. The molecule has 0 aliphatic rings. The van der Waals surface area contributed by atoms with Crippen molar-refractivity contribution in [3.8, 4) is 0 Å². The summed E-state index contributed by atoms with van der Waals surface area (Å²) in [5.41, 5.74) is 1.17. The lowest BCUT2D eigenvalue weighted by Crippen LogP contribution is -2.04. The van der Waals surface area contributed by atoms with Crippen molar-refractivity contribution < 1.29 is 0 Å². The minimum absolute atomic E-state index is 0.336. The van der Waals surface area contributed by atoms with Gasteiger partial charge >= 0.3 is 0 Å². The van der Waals surface area contributed by atoms with Gasteiger partial charge in [0, 0.05) is 19.9 Å². The highest BCUT2D eigenvalue weighted by molar-refractivity contribution is 9.10. The Morgan fingerprint density at radius 1 is 1.05 bits per heavy atom. The highest BCUT2D eigenvalue weighted by Gasteiger charge is 2.08. The zero-order valence-electron chi connectivity index (χ0n) is 12.2. The maximum absolute atomic E-state index is 3.60. The van der Waals surface area contributed by atoms with Crippen LogP contribution in [0.5, 0.6) is 0 Å². The van der Waals surface area contributed by atoms with Gasteiger partial charge in [-0.05, 0) is 60.5 Å². The number of aryl methyl sites for hydroxylation is 1. The van der Waals surface area contributed by atoms with E-state index in [1.807, 2.05) is 11.3 Å². The molecule has 3 aromatic rings. The first-order valence-electron chi connectivity index (χ1n) is 7.20. The second kappa shape index (κ2) is 6.20. The number of hydrogen-bond donors (Lipinski definition) is 1. The summed E-state index contributed by atoms with van der Waals surface area (Å²) in [7, 11) is 0. The Balaban J connectivity index is 1.82. The molecule has 1 N–H and O–H groups in total. The molecule has 0 bridgehead atoms. The summed E-state index contributed by atoms with van der Waals surface area (Å²) in [5, 5.41) is 6.12. The Bertz CT molecular complexity index is 763. The van der Waals surface area contributed by atoms with Crippen molar-refractivity contribution >= 4 is 43.7 Å². The molecule has 0 fully saturated rings. The van der Waals surface area contributed by atoms with Crippen LogP contribution in [0, 0.1) is 0 Å². The lowest BCUT2D eigenvalue weighted by Gasteiger charge is -2.14. The van der Waals surface area contributed by atoms with Gasteiger partial charge in [-0.2, -0.15) is 0 Å². The third-order valence-corrected chi connectivity index (χ3v) is 5.55. The molecule has 0 spiro atoms. The Labute approximate surface area is 138 Å². The number of rotatable bonds is 4. The largest absolute Gasteiger partial charge is 0.378 e. The Morgan fingerprint density at radius 3 is 2.57 bits per heavy atom. The number of benzene rings is 2. The van der Waals surface area contributed by atoms with Crippen LogP contribution in [0.3, 0.4) is 0 Å². The number of anilines is 1. The molecule has 0 saturated carbocycles. The molecule has 1 aromatic heterocycles. The van der Waals surface area contributed by atoms with Gasteiger partial charge in [-0.1, -0.05) is 35.0 Å². The number of fused-ring (bicyclic) bond motifs is 1. The summed E-state index contributed by atoms with van der Waals surface area (Å²) >= 11 is 5.41. The topological polar surface area (TPSA) is 12.0 Å². The van der Waals surface area contributed by atoms with Crippen molar-refractivity contribution in [2.75, 3.05) is 5.32 Å². The van der Waals surface area contributed by atoms with Crippen molar-refractivity contribution in [3.05, 3.63) is 62.8 Å². The summed E-state index contributed by atoms with van der Waals surface area (Å²) in [4.78, 5) is 2.84. The van der Waals surface area contributed by atoms with E-state index in [4.69, 9.17) is 0 Å². The summed E-state index contributed by atoms with van der Waals surface area (Å²) in [6.07, 6.45) is 1.11. The first kappa shape index (κ1) is 14.6. The maximum Gasteiger partial charge on any atom is 0.0578 e. The minimum atomic E-state index is 0.336. The lowest BCUT2D eigenvalue weighted by atomic mass is 10.1. The van der Waals surface area contributed by atoms with Gasteiger partial charge in [0.15, 0.2) is 0 Å². The van der Waals surface area contributed by atoms with E-state index in [0.717, 1.165) is 10.9 Å². The van der Waals surface area contributed by atoms with Gasteiger partial charge in [-0.3, -0.25) is 0 Å². The molecule has 0 saturated heterocycles. The van der Waals surface area contributed by atoms with Crippen LogP contribution >= 0.6 is 27.3 Å². The van der Waals surface area contributed by atoms with Crippen LogP contribution in [0.25, 0.3) is 10.8 Å². The van der Waals surface area contributed by atoms with E-state index in [0.29, 0.717) is 6.04 Å². The van der Waals surface area contributed by atoms with Crippen LogP contribution in [0.15, 0.2) is 53.0 Å². The maximum atomic E-state index is 3.60. The van der Waals surface area contributed by atoms with Gasteiger partial charge in [0.1, 0.15) is 0 Å². The predicted octanol–water partition coefficient (Wildman–Crippen LogP) is 6.40. The predicted molar refractivity (Wildman–Crippen MR) is 97.4 cm³/mol. The minimum Gasteiger partial charge on any atom is -0.378 e. The number of nitrogens with one attached hydrogen (secondary N) is 1. The second-order valence-corrected chi connectivity index (χ2v) is 7.35. The molecule has 0 aliphatic heterocycles. The number of hydrogen-bond acceptors (Lipinski definition) is 2. The quantitative estimate of drug-likeness (QED) is 0.568. The van der Waals surface area contributed by atoms with E-state index in [1.165, 1.54) is 26.2 Å². The Hall–Kier alpha value is -1.32. The fourth-order valence-electron chi connectivity index (χ4n) is 2.44. The Kier molecular flexibility index (Phi) is 4.32. The summed E-state index contributed by atoms with van der Waals surface area (Å²) in [6, 6.07) is 17.7. The smallest absolute Gasteiger partial charge is 0.0578 e. The summed E-state index contributed by atoms with van der Waals surface area (Å²) in [6.45, 7) is 4.42. The SMILES string of the molecule is CCc1ccc(C(C)Nc2ccc3cc(Br)ccc3c2)s1. The monoisotopic (exact) mass is 359 g/mol. The van der Waals surface area contributed by atoms with Crippen molar-refractivity contribution in [1.29, 1.82) is 0 Å². The van der Waals surface area contributed by atoms with Crippen LogP contribution < -0.4 is 5.32 Å². The van der Waals surface area contributed by atoms with Crippen LogP contribution in [-0.4, -0.2) is 0 Å². The second-order valence-electron chi connectivity index (χ2n) is 5.23. The molecule has 0 amide bonds. The van der Waals surface area contributed by atoms with E-state index >= 15 is 0 Å². The van der Waals surface area contributed by atoms with Crippen molar-refractivity contribution in [2.24, 2.45) is 0 Å². The molecule has 108 valence electrons. The third kappa shape index (κ3) is 3.30. The average Bonchev–Trinajstić information content (AvgIpc) is 2.96. The fraction of sp³-hybridized carbons (Fsp3) is 0.222. The molecule has 3 heteroatoms. The Morgan fingerprint density at radius 2 is 1.81 bits per heavy atom. The molecular weight excluding hydrogens is 342 g/mol. The molecule has 3 rings (SSSR count). The van der Waals surface area contributed by atoms with Gasteiger partial charge in [-0.15, -0.1) is 11.3 Å². The van der Waals surface area contributed by atoms with Crippen LogP contribution in [-0.2, 0) is 6.42 Å². The van der Waals surface area contributed by atoms with Gasteiger partial charge in [0.2, 0.25) is 0 Å². The first-order valence-corrected chi connectivity index (χ1v) is 8.81. The zero-order valence-corrected chi connectivity index (χ0v) is 14.6. The van der Waals surface area contributed by atoms with E-state index in [2.05, 4.69) is 83.6 Å². The molecule has 21 heavy (non-hydrogen) atoms. The van der Waals surface area contributed by atoms with Gasteiger partial charge < -0.3 is 5.32 Å². The normalized spacial score (nSPS) is 12.5. The van der Waals surface area contributed by atoms with Crippen LogP contribution in [0.1, 0.15) is 29.6 Å². The van der Waals surface area contributed by atoms with E-state index < -0.39 is 0 Å². The van der Waals surface area contributed by atoms with Gasteiger partial charge in [0.05, 0.1) is 6.04 Å². The third-order valence-electron chi connectivity index (χ3n) is 3.64. The van der Waals surface area contributed by atoms with Gasteiger partial charge in [-0.25, -0.2) is 0 Å². The fourth-order valence-corrected chi connectivity index (χ4v) is 3.78. The van der Waals surface area contributed by atoms with Crippen molar-refractivity contribution in [3.63, 3.8) is 0 Å². The summed E-state index contributed by atoms with van der Waals surface area (Å²) in [5.74, 6) is 0. The molecule has 1 heterocycles. The molecule has 2 aromatic carbocycles. The molecule has 1 nitrogen and oxygen atoms in total. The summed E-state index contributed by atoms with van der Waals surface area (Å²) < 4.78 is 1.12. The van der Waals surface area contributed by atoms with Gasteiger partial charge in [0.25, 0.3) is 0 Å². The van der Waals surface area contributed by atoms with E-state index in [-0.39, 0.29) is 0 Å². The number of halogens is 1. The number of thiophene rings is 1. The van der Waals surface area contributed by atoms with E-state index in [1.54, 1.807) is 0 Å². The van der Waals surface area contributed by atoms with Crippen LogP contribution in [0.4, 0.5) is 5.69 Å². The van der Waals surface area contributed by atoms with Crippen LogP contribution in [0.2, 0.25) is 0 Å². The molecule has 0 radical (unpaired) electrons. The first-order chi connectivity index (χ1) is 10.2. The average molecular weight is 360 g/mol. The van der Waals surface area contributed by atoms with Crippen molar-refractivity contribution in [2.45, 2.75) is 26.3 Å². The molecule has 0 aliphatic carbocycles. The molecule has 1 unspecified atom stereocenters. The van der Waals surface area contributed by atoms with Crippen molar-refractivity contribution in [1.82, 2.24) is 0 Å². The lowest BCUT2D eigenvalue weighted by molar-refractivity contribution is 0.909. The highest BCUT2D eigenvalue weighted by Crippen LogP contribution is 2.28. The standard InChI is InChI=1S/C18H18BrNS/c1-3-17-8-9-18(21-17)12(2)20-16-7-5-13-10-15(19)6-4-14(13)11-16/h4-12,20H,3H2,1-2H3. The molecule has 1 atom stereocenters. The van der Waals surface area contributed by atoms with E-state index in [9.17, 15) is 0 Å².